The van der Waals surface area contributed by atoms with Crippen molar-refractivity contribution in [3.05, 3.63) is 35.6 Å². The predicted molar refractivity (Wildman–Crippen MR) is 55.4 cm³/mol. The second kappa shape index (κ2) is 4.41. The molecule has 0 saturated carbocycles. The second-order valence-electron chi connectivity index (χ2n) is 4.25. The molecular formula is C12H14FNO. The monoisotopic (exact) mass is 207 g/mol. The zero-order valence-corrected chi connectivity index (χ0v) is 8.87. The normalized spacial score (nSPS) is 13.3. The van der Waals surface area contributed by atoms with Gasteiger partial charge in [0, 0.05) is 17.4 Å². The van der Waals surface area contributed by atoms with Crippen LogP contribution in [0.2, 0.25) is 0 Å². The molecule has 1 unspecified atom stereocenters. The summed E-state index contributed by atoms with van der Waals surface area (Å²) in [6, 6.07) is 8.09. The lowest BCUT2D eigenvalue weighted by Crippen LogP contribution is -2.22. The van der Waals surface area contributed by atoms with Gasteiger partial charge in [-0.25, -0.2) is 4.39 Å². The Morgan fingerprint density at radius 1 is 1.47 bits per heavy atom. The summed E-state index contributed by atoms with van der Waals surface area (Å²) in [6.45, 7) is 3.49. The molecule has 3 heteroatoms. The zero-order valence-electron chi connectivity index (χ0n) is 8.87. The molecule has 0 heterocycles. The van der Waals surface area contributed by atoms with Gasteiger partial charge in [0.2, 0.25) is 0 Å². The summed E-state index contributed by atoms with van der Waals surface area (Å²) in [6.07, 6.45) is -0.777. The number of hydrogen-bond acceptors (Lipinski definition) is 2. The fourth-order valence-corrected chi connectivity index (χ4v) is 1.42. The van der Waals surface area contributed by atoms with Crippen LogP contribution in [0.25, 0.3) is 0 Å². The molecular weight excluding hydrogens is 193 g/mol. The molecule has 0 spiro atoms. The van der Waals surface area contributed by atoms with Gasteiger partial charge in [0.1, 0.15) is 5.82 Å². The maximum Gasteiger partial charge on any atom is 0.129 e. The highest BCUT2D eigenvalue weighted by Gasteiger charge is 2.30. The van der Waals surface area contributed by atoms with Gasteiger partial charge in [-0.05, 0) is 6.07 Å². The summed E-state index contributed by atoms with van der Waals surface area (Å²) in [7, 11) is 0. The van der Waals surface area contributed by atoms with Gasteiger partial charge in [0.25, 0.3) is 0 Å². The van der Waals surface area contributed by atoms with E-state index in [0.29, 0.717) is 0 Å². The van der Waals surface area contributed by atoms with E-state index < -0.39 is 17.3 Å². The van der Waals surface area contributed by atoms with Crippen molar-refractivity contribution < 1.29 is 9.50 Å². The minimum Gasteiger partial charge on any atom is -0.388 e. The summed E-state index contributed by atoms with van der Waals surface area (Å²) >= 11 is 0. The van der Waals surface area contributed by atoms with E-state index >= 15 is 0 Å². The molecule has 0 bridgehead atoms. The first-order valence-corrected chi connectivity index (χ1v) is 4.78. The first-order chi connectivity index (χ1) is 6.99. The maximum atomic E-state index is 13.4. The second-order valence-corrected chi connectivity index (χ2v) is 4.25. The molecule has 1 aromatic carbocycles. The topological polar surface area (TPSA) is 44.0 Å². The molecule has 0 aliphatic rings. The van der Waals surface area contributed by atoms with E-state index in [-0.39, 0.29) is 12.0 Å². The van der Waals surface area contributed by atoms with Crippen molar-refractivity contribution in [2.24, 2.45) is 5.41 Å². The third kappa shape index (κ3) is 2.54. The molecule has 0 fully saturated rings. The third-order valence-corrected chi connectivity index (χ3v) is 2.47. The van der Waals surface area contributed by atoms with Gasteiger partial charge in [-0.15, -0.1) is 0 Å². The molecule has 15 heavy (non-hydrogen) atoms. The van der Waals surface area contributed by atoms with Gasteiger partial charge in [-0.1, -0.05) is 32.0 Å². The Kier molecular flexibility index (Phi) is 3.43. The van der Waals surface area contributed by atoms with Crippen molar-refractivity contribution in [3.8, 4) is 6.07 Å². The van der Waals surface area contributed by atoms with Gasteiger partial charge < -0.3 is 5.11 Å². The lowest BCUT2D eigenvalue weighted by atomic mass is 9.80. The number of benzene rings is 1. The number of aliphatic hydroxyl groups is 1. The first-order valence-electron chi connectivity index (χ1n) is 4.78. The Labute approximate surface area is 89.0 Å². The van der Waals surface area contributed by atoms with E-state index in [2.05, 4.69) is 0 Å². The van der Waals surface area contributed by atoms with Gasteiger partial charge in [0.05, 0.1) is 12.2 Å². The van der Waals surface area contributed by atoms with Crippen molar-refractivity contribution >= 4 is 0 Å². The van der Waals surface area contributed by atoms with Crippen molar-refractivity contribution in [1.29, 1.82) is 5.26 Å². The fraction of sp³-hybridized carbons (Fsp3) is 0.417. The number of nitrogens with zero attached hydrogens (tertiary/aromatic N) is 1. The highest BCUT2D eigenvalue weighted by molar-refractivity contribution is 5.21. The molecule has 0 aliphatic heterocycles. The SMILES string of the molecule is CC(C)(CC#N)C(O)c1ccccc1F. The van der Waals surface area contributed by atoms with Crippen LogP contribution in [0.15, 0.2) is 24.3 Å². The highest BCUT2D eigenvalue weighted by atomic mass is 19.1. The van der Waals surface area contributed by atoms with Crippen LogP contribution in [0.3, 0.4) is 0 Å². The molecule has 1 aromatic rings. The number of nitriles is 1. The van der Waals surface area contributed by atoms with Crippen LogP contribution in [0.1, 0.15) is 31.9 Å². The van der Waals surface area contributed by atoms with Crippen molar-refractivity contribution in [2.45, 2.75) is 26.4 Å². The van der Waals surface area contributed by atoms with E-state index in [9.17, 15) is 9.50 Å². The minimum atomic E-state index is -0.960. The largest absolute Gasteiger partial charge is 0.388 e. The van der Waals surface area contributed by atoms with Crippen molar-refractivity contribution in [1.82, 2.24) is 0 Å². The van der Waals surface area contributed by atoms with E-state index in [0.717, 1.165) is 0 Å². The summed E-state index contributed by atoms with van der Waals surface area (Å²) in [5, 5.41) is 18.6. The standard InChI is InChI=1S/C12H14FNO/c1-12(2,7-8-14)11(15)9-5-3-4-6-10(9)13/h3-6,11,15H,7H2,1-2H3. The molecule has 0 radical (unpaired) electrons. The van der Waals surface area contributed by atoms with E-state index in [1.165, 1.54) is 6.07 Å². The third-order valence-electron chi connectivity index (χ3n) is 2.47. The van der Waals surface area contributed by atoms with Gasteiger partial charge in [-0.3, -0.25) is 0 Å². The number of aliphatic hydroxyl groups excluding tert-OH is 1. The van der Waals surface area contributed by atoms with Crippen LogP contribution in [-0.2, 0) is 0 Å². The molecule has 0 saturated heterocycles. The Morgan fingerprint density at radius 3 is 2.60 bits per heavy atom. The minimum absolute atomic E-state index is 0.183. The lowest BCUT2D eigenvalue weighted by molar-refractivity contribution is 0.0495. The van der Waals surface area contributed by atoms with Gasteiger partial charge >= 0.3 is 0 Å². The van der Waals surface area contributed by atoms with Crippen LogP contribution < -0.4 is 0 Å². The molecule has 1 rings (SSSR count). The summed E-state index contributed by atoms with van der Waals surface area (Å²) in [4.78, 5) is 0. The van der Waals surface area contributed by atoms with E-state index in [1.807, 2.05) is 6.07 Å². The Bertz CT molecular complexity index is 381. The molecule has 0 aromatic heterocycles. The van der Waals surface area contributed by atoms with Crippen LogP contribution in [0.4, 0.5) is 4.39 Å². The lowest BCUT2D eigenvalue weighted by Gasteiger charge is -2.28. The van der Waals surface area contributed by atoms with E-state index in [4.69, 9.17) is 5.26 Å². The van der Waals surface area contributed by atoms with Crippen LogP contribution in [-0.4, -0.2) is 5.11 Å². The molecule has 0 aliphatic carbocycles. The van der Waals surface area contributed by atoms with Crippen molar-refractivity contribution in [2.75, 3.05) is 0 Å². The van der Waals surface area contributed by atoms with Crippen LogP contribution in [0, 0.1) is 22.6 Å². The van der Waals surface area contributed by atoms with Crippen LogP contribution >= 0.6 is 0 Å². The summed E-state index contributed by atoms with van der Waals surface area (Å²) < 4.78 is 13.4. The van der Waals surface area contributed by atoms with Crippen molar-refractivity contribution in [3.63, 3.8) is 0 Å². The number of hydrogen-bond donors (Lipinski definition) is 1. The zero-order chi connectivity index (χ0) is 11.5. The summed E-state index contributed by atoms with van der Waals surface area (Å²) in [5.74, 6) is -0.434. The number of halogens is 1. The van der Waals surface area contributed by atoms with E-state index in [1.54, 1.807) is 32.0 Å². The summed E-state index contributed by atoms with van der Waals surface area (Å²) in [5.41, 5.74) is -0.394. The Balaban J connectivity index is 3.00. The maximum absolute atomic E-state index is 13.4. The average Bonchev–Trinajstić information content (AvgIpc) is 2.17. The fourth-order valence-electron chi connectivity index (χ4n) is 1.42. The first kappa shape index (κ1) is 11.7. The van der Waals surface area contributed by atoms with Gasteiger partial charge in [-0.2, -0.15) is 5.26 Å². The number of rotatable bonds is 3. The highest BCUT2D eigenvalue weighted by Crippen LogP contribution is 2.36. The molecule has 2 nitrogen and oxygen atoms in total. The molecule has 80 valence electrons. The molecule has 1 atom stereocenters. The predicted octanol–water partition coefficient (Wildman–Crippen LogP) is 2.80. The smallest absolute Gasteiger partial charge is 0.129 e. The average molecular weight is 207 g/mol. The van der Waals surface area contributed by atoms with Gasteiger partial charge in [0.15, 0.2) is 0 Å². The molecule has 0 amide bonds. The Hall–Kier alpha value is -1.40. The Morgan fingerprint density at radius 2 is 2.07 bits per heavy atom. The quantitative estimate of drug-likeness (QED) is 0.828. The van der Waals surface area contributed by atoms with Crippen LogP contribution in [0.5, 0.6) is 0 Å². The molecule has 1 N–H and O–H groups in total.